The summed E-state index contributed by atoms with van der Waals surface area (Å²) in [6.07, 6.45) is 3.04. The molecule has 5 nitrogen and oxygen atoms in total. The number of hydrogen-bond acceptors (Lipinski definition) is 4. The van der Waals surface area contributed by atoms with Crippen LogP contribution in [0.1, 0.15) is 19.6 Å². The van der Waals surface area contributed by atoms with Crippen molar-refractivity contribution in [3.8, 4) is 0 Å². The number of oxazole rings is 1. The summed E-state index contributed by atoms with van der Waals surface area (Å²) in [5, 5.41) is 5.78. The molecule has 5 heteroatoms. The predicted octanol–water partition coefficient (Wildman–Crippen LogP) is 0.536. The lowest BCUT2D eigenvalue weighted by atomic mass is 9.92. The Kier molecular flexibility index (Phi) is 3.85. The Morgan fingerprint density at radius 2 is 2.33 bits per heavy atom. The summed E-state index contributed by atoms with van der Waals surface area (Å²) < 4.78 is 5.06. The Labute approximate surface area is 89.3 Å². The van der Waals surface area contributed by atoms with Gasteiger partial charge in [0.2, 0.25) is 5.91 Å². The molecule has 0 bridgehead atoms. The molecule has 0 saturated carbocycles. The first-order valence-electron chi connectivity index (χ1n) is 4.86. The van der Waals surface area contributed by atoms with E-state index in [1.54, 1.807) is 13.2 Å². The van der Waals surface area contributed by atoms with Crippen molar-refractivity contribution in [2.24, 2.45) is 5.41 Å². The number of nitrogens with zero attached hydrogens (tertiary/aromatic N) is 1. The molecule has 15 heavy (non-hydrogen) atoms. The zero-order valence-electron chi connectivity index (χ0n) is 9.33. The molecular weight excluding hydrogens is 194 g/mol. The Balaban J connectivity index is 2.33. The molecule has 1 amide bonds. The molecule has 2 N–H and O–H groups in total. The van der Waals surface area contributed by atoms with E-state index < -0.39 is 5.41 Å². The average molecular weight is 211 g/mol. The van der Waals surface area contributed by atoms with Crippen LogP contribution in [-0.4, -0.2) is 24.5 Å². The number of carbonyl (C=O) groups is 1. The van der Waals surface area contributed by atoms with Crippen LogP contribution < -0.4 is 10.6 Å². The van der Waals surface area contributed by atoms with Crippen LogP contribution in [0, 0.1) is 5.41 Å². The highest BCUT2D eigenvalue weighted by molar-refractivity contribution is 5.81. The van der Waals surface area contributed by atoms with Gasteiger partial charge in [-0.3, -0.25) is 4.79 Å². The molecule has 0 aliphatic carbocycles. The van der Waals surface area contributed by atoms with Crippen molar-refractivity contribution in [1.82, 2.24) is 15.6 Å². The Hall–Kier alpha value is -1.36. The van der Waals surface area contributed by atoms with Crippen LogP contribution in [0.25, 0.3) is 0 Å². The lowest BCUT2D eigenvalue weighted by Gasteiger charge is -2.22. The van der Waals surface area contributed by atoms with Gasteiger partial charge in [0, 0.05) is 13.6 Å². The number of amides is 1. The van der Waals surface area contributed by atoms with Gasteiger partial charge in [0.1, 0.15) is 5.76 Å². The van der Waals surface area contributed by atoms with E-state index >= 15 is 0 Å². The maximum Gasteiger partial charge on any atom is 0.226 e. The minimum absolute atomic E-state index is 0.0209. The van der Waals surface area contributed by atoms with Crippen molar-refractivity contribution in [2.45, 2.75) is 20.4 Å². The molecule has 84 valence electrons. The monoisotopic (exact) mass is 211 g/mol. The third kappa shape index (κ3) is 3.36. The van der Waals surface area contributed by atoms with Gasteiger partial charge in [-0.15, -0.1) is 0 Å². The molecule has 1 aromatic rings. The van der Waals surface area contributed by atoms with Crippen molar-refractivity contribution in [3.05, 3.63) is 18.4 Å². The SMILES string of the molecule is CNC(=O)C(C)(C)CNCc1cnco1. The molecule has 1 heterocycles. The lowest BCUT2D eigenvalue weighted by Crippen LogP contribution is -2.41. The largest absolute Gasteiger partial charge is 0.447 e. The van der Waals surface area contributed by atoms with Crippen LogP contribution in [0.2, 0.25) is 0 Å². The fourth-order valence-electron chi connectivity index (χ4n) is 1.25. The summed E-state index contributed by atoms with van der Waals surface area (Å²) >= 11 is 0. The highest BCUT2D eigenvalue weighted by Crippen LogP contribution is 2.13. The minimum Gasteiger partial charge on any atom is -0.447 e. The molecule has 0 aliphatic rings. The van der Waals surface area contributed by atoms with E-state index in [9.17, 15) is 4.79 Å². The van der Waals surface area contributed by atoms with E-state index in [4.69, 9.17) is 4.42 Å². The zero-order valence-corrected chi connectivity index (χ0v) is 9.33. The molecule has 1 aromatic heterocycles. The topological polar surface area (TPSA) is 67.2 Å². The maximum absolute atomic E-state index is 11.4. The first-order chi connectivity index (χ1) is 7.06. The summed E-state index contributed by atoms with van der Waals surface area (Å²) in [4.78, 5) is 15.2. The summed E-state index contributed by atoms with van der Waals surface area (Å²) in [6, 6.07) is 0. The molecule has 0 radical (unpaired) electrons. The molecule has 1 rings (SSSR count). The summed E-state index contributed by atoms with van der Waals surface area (Å²) in [5.41, 5.74) is -0.422. The van der Waals surface area contributed by atoms with Crippen molar-refractivity contribution in [1.29, 1.82) is 0 Å². The summed E-state index contributed by atoms with van der Waals surface area (Å²) in [6.45, 7) is 4.95. The Morgan fingerprint density at radius 1 is 1.60 bits per heavy atom. The van der Waals surface area contributed by atoms with E-state index in [2.05, 4.69) is 15.6 Å². The molecule has 0 atom stereocenters. The Bertz CT molecular complexity index is 306. The van der Waals surface area contributed by atoms with Crippen LogP contribution in [0.4, 0.5) is 0 Å². The molecule has 0 spiro atoms. The van der Waals surface area contributed by atoms with Crippen LogP contribution in [0.5, 0.6) is 0 Å². The van der Waals surface area contributed by atoms with Crippen LogP contribution in [0.3, 0.4) is 0 Å². The van der Waals surface area contributed by atoms with Gasteiger partial charge in [0.05, 0.1) is 18.2 Å². The van der Waals surface area contributed by atoms with Gasteiger partial charge < -0.3 is 15.1 Å². The Morgan fingerprint density at radius 3 is 2.87 bits per heavy atom. The zero-order chi connectivity index (χ0) is 11.3. The van der Waals surface area contributed by atoms with E-state index in [-0.39, 0.29) is 5.91 Å². The molecule has 0 unspecified atom stereocenters. The third-order valence-electron chi connectivity index (χ3n) is 2.19. The van der Waals surface area contributed by atoms with Crippen LogP contribution in [-0.2, 0) is 11.3 Å². The van der Waals surface area contributed by atoms with Crippen molar-refractivity contribution in [2.75, 3.05) is 13.6 Å². The van der Waals surface area contributed by atoms with Gasteiger partial charge in [-0.2, -0.15) is 0 Å². The fraction of sp³-hybridized carbons (Fsp3) is 0.600. The van der Waals surface area contributed by atoms with Crippen LogP contribution >= 0.6 is 0 Å². The molecular formula is C10H17N3O2. The summed E-state index contributed by atoms with van der Waals surface area (Å²) in [5.74, 6) is 0.787. The van der Waals surface area contributed by atoms with Gasteiger partial charge in [0.25, 0.3) is 0 Å². The first kappa shape index (κ1) is 11.7. The van der Waals surface area contributed by atoms with E-state index in [0.29, 0.717) is 13.1 Å². The van der Waals surface area contributed by atoms with Crippen molar-refractivity contribution >= 4 is 5.91 Å². The van der Waals surface area contributed by atoms with Gasteiger partial charge in [-0.25, -0.2) is 4.98 Å². The van der Waals surface area contributed by atoms with E-state index in [1.165, 1.54) is 6.39 Å². The third-order valence-corrected chi connectivity index (χ3v) is 2.19. The molecule has 0 aliphatic heterocycles. The van der Waals surface area contributed by atoms with E-state index in [1.807, 2.05) is 13.8 Å². The fourth-order valence-corrected chi connectivity index (χ4v) is 1.25. The highest BCUT2D eigenvalue weighted by atomic mass is 16.3. The molecule has 0 saturated heterocycles. The number of nitrogens with one attached hydrogen (secondary N) is 2. The van der Waals surface area contributed by atoms with Crippen molar-refractivity contribution < 1.29 is 9.21 Å². The highest BCUT2D eigenvalue weighted by Gasteiger charge is 2.25. The second-order valence-corrected chi connectivity index (χ2v) is 4.03. The number of aromatic nitrogens is 1. The number of hydrogen-bond donors (Lipinski definition) is 2. The summed E-state index contributed by atoms with van der Waals surface area (Å²) in [7, 11) is 1.64. The van der Waals surface area contributed by atoms with Gasteiger partial charge in [-0.05, 0) is 13.8 Å². The van der Waals surface area contributed by atoms with Gasteiger partial charge >= 0.3 is 0 Å². The van der Waals surface area contributed by atoms with E-state index in [0.717, 1.165) is 5.76 Å². The van der Waals surface area contributed by atoms with Gasteiger partial charge in [-0.1, -0.05) is 0 Å². The van der Waals surface area contributed by atoms with Crippen molar-refractivity contribution in [3.63, 3.8) is 0 Å². The lowest BCUT2D eigenvalue weighted by molar-refractivity contribution is -0.128. The normalized spacial score (nSPS) is 11.4. The second-order valence-electron chi connectivity index (χ2n) is 4.03. The van der Waals surface area contributed by atoms with Gasteiger partial charge in [0.15, 0.2) is 6.39 Å². The molecule has 0 fully saturated rings. The second kappa shape index (κ2) is 4.93. The number of rotatable bonds is 5. The maximum atomic E-state index is 11.4. The predicted molar refractivity (Wildman–Crippen MR) is 56.1 cm³/mol. The first-order valence-corrected chi connectivity index (χ1v) is 4.86. The standard InChI is InChI=1S/C10H17N3O2/c1-10(2,9(14)11-3)6-12-4-8-5-13-7-15-8/h5,7,12H,4,6H2,1-3H3,(H,11,14). The molecule has 0 aromatic carbocycles. The number of carbonyl (C=O) groups excluding carboxylic acids is 1. The average Bonchev–Trinajstić information content (AvgIpc) is 2.69. The quantitative estimate of drug-likeness (QED) is 0.745. The minimum atomic E-state index is -0.422. The smallest absolute Gasteiger partial charge is 0.226 e. The van der Waals surface area contributed by atoms with Crippen LogP contribution in [0.15, 0.2) is 17.0 Å².